The maximum absolute atomic E-state index is 13.0. The standard InChI is InChI=1S/C17H15FN2O4/c1-9-19-14(15(21)12-8-20(2)17(23)16(12)22)13(24-9)7-10-3-5-11(18)6-4-10/h3-6,8,22-23H,7H2,1-2H3. The van der Waals surface area contributed by atoms with E-state index in [4.69, 9.17) is 4.42 Å². The van der Waals surface area contributed by atoms with Crippen LogP contribution in [-0.2, 0) is 13.5 Å². The molecule has 0 radical (unpaired) electrons. The van der Waals surface area contributed by atoms with Gasteiger partial charge in [0.1, 0.15) is 11.6 Å². The third-order valence-corrected chi connectivity index (χ3v) is 3.67. The zero-order chi connectivity index (χ0) is 17.4. The van der Waals surface area contributed by atoms with Crippen molar-refractivity contribution in [3.05, 3.63) is 64.8 Å². The van der Waals surface area contributed by atoms with E-state index in [2.05, 4.69) is 4.98 Å². The van der Waals surface area contributed by atoms with E-state index >= 15 is 0 Å². The number of hydrogen-bond acceptors (Lipinski definition) is 5. The zero-order valence-corrected chi connectivity index (χ0v) is 13.1. The fourth-order valence-corrected chi connectivity index (χ4v) is 2.45. The van der Waals surface area contributed by atoms with Gasteiger partial charge in [-0.05, 0) is 17.7 Å². The third-order valence-electron chi connectivity index (χ3n) is 3.67. The molecule has 0 saturated heterocycles. The van der Waals surface area contributed by atoms with Crippen LogP contribution in [0.4, 0.5) is 4.39 Å². The van der Waals surface area contributed by atoms with Gasteiger partial charge in [-0.2, -0.15) is 0 Å². The molecule has 0 unspecified atom stereocenters. The summed E-state index contributed by atoms with van der Waals surface area (Å²) in [5, 5.41) is 19.5. The highest BCUT2D eigenvalue weighted by Gasteiger charge is 2.26. The lowest BCUT2D eigenvalue weighted by Gasteiger charge is -2.01. The fraction of sp³-hybridized carbons (Fsp3) is 0.176. The SMILES string of the molecule is Cc1nc(C(=O)c2cn(C)c(O)c2O)c(Cc2ccc(F)cc2)o1. The van der Waals surface area contributed by atoms with Crippen molar-refractivity contribution in [3.63, 3.8) is 0 Å². The van der Waals surface area contributed by atoms with Gasteiger partial charge in [0.05, 0.1) is 5.56 Å². The molecule has 0 spiro atoms. The van der Waals surface area contributed by atoms with Gasteiger partial charge in [0.2, 0.25) is 11.7 Å². The Morgan fingerprint density at radius 1 is 1.29 bits per heavy atom. The van der Waals surface area contributed by atoms with E-state index in [0.717, 1.165) is 5.56 Å². The number of benzene rings is 1. The maximum atomic E-state index is 13.0. The van der Waals surface area contributed by atoms with Crippen molar-refractivity contribution in [2.75, 3.05) is 0 Å². The molecule has 0 atom stereocenters. The average molecular weight is 330 g/mol. The molecule has 0 fully saturated rings. The first-order valence-electron chi connectivity index (χ1n) is 7.19. The summed E-state index contributed by atoms with van der Waals surface area (Å²) in [6.45, 7) is 1.60. The van der Waals surface area contributed by atoms with Crippen LogP contribution in [0, 0.1) is 12.7 Å². The van der Waals surface area contributed by atoms with E-state index in [-0.39, 0.29) is 23.5 Å². The Kier molecular flexibility index (Phi) is 3.84. The van der Waals surface area contributed by atoms with Crippen molar-refractivity contribution in [2.24, 2.45) is 7.05 Å². The van der Waals surface area contributed by atoms with E-state index in [0.29, 0.717) is 11.7 Å². The summed E-state index contributed by atoms with van der Waals surface area (Å²) in [5.74, 6) is -1.21. The fourth-order valence-electron chi connectivity index (χ4n) is 2.45. The van der Waals surface area contributed by atoms with Gasteiger partial charge in [-0.25, -0.2) is 9.37 Å². The lowest BCUT2D eigenvalue weighted by molar-refractivity contribution is 0.103. The van der Waals surface area contributed by atoms with Crippen molar-refractivity contribution >= 4 is 5.78 Å². The second kappa shape index (κ2) is 5.84. The molecular weight excluding hydrogens is 315 g/mol. The smallest absolute Gasteiger partial charge is 0.235 e. The molecule has 0 aliphatic rings. The molecule has 7 heteroatoms. The van der Waals surface area contributed by atoms with Crippen LogP contribution in [0.2, 0.25) is 0 Å². The molecule has 3 rings (SSSR count). The van der Waals surface area contributed by atoms with Crippen molar-refractivity contribution in [1.29, 1.82) is 0 Å². The zero-order valence-electron chi connectivity index (χ0n) is 13.1. The summed E-state index contributed by atoms with van der Waals surface area (Å²) in [4.78, 5) is 16.7. The van der Waals surface area contributed by atoms with Gasteiger partial charge in [-0.3, -0.25) is 4.79 Å². The minimum Gasteiger partial charge on any atom is -0.503 e. The number of halogens is 1. The van der Waals surface area contributed by atoms with Crippen LogP contribution in [0.3, 0.4) is 0 Å². The molecule has 6 nitrogen and oxygen atoms in total. The highest BCUT2D eigenvalue weighted by Crippen LogP contribution is 2.32. The van der Waals surface area contributed by atoms with Crippen LogP contribution >= 0.6 is 0 Å². The van der Waals surface area contributed by atoms with Crippen molar-refractivity contribution in [3.8, 4) is 11.6 Å². The Labute approximate surface area is 136 Å². The maximum Gasteiger partial charge on any atom is 0.235 e. The van der Waals surface area contributed by atoms with Gasteiger partial charge in [-0.1, -0.05) is 12.1 Å². The van der Waals surface area contributed by atoms with E-state index in [1.165, 1.54) is 29.9 Å². The number of nitrogens with zero attached hydrogens (tertiary/aromatic N) is 2. The first kappa shape index (κ1) is 15.8. The van der Waals surface area contributed by atoms with Gasteiger partial charge in [-0.15, -0.1) is 0 Å². The average Bonchev–Trinajstić information content (AvgIpc) is 3.04. The van der Waals surface area contributed by atoms with E-state index < -0.39 is 17.4 Å². The minimum atomic E-state index is -0.558. The molecule has 1 aromatic carbocycles. The molecule has 0 aliphatic carbocycles. The Morgan fingerprint density at radius 2 is 1.96 bits per heavy atom. The van der Waals surface area contributed by atoms with Crippen LogP contribution in [0.15, 0.2) is 34.9 Å². The van der Waals surface area contributed by atoms with E-state index in [1.807, 2.05) is 0 Å². The molecule has 3 aromatic rings. The Morgan fingerprint density at radius 3 is 2.54 bits per heavy atom. The Balaban J connectivity index is 1.98. The Hall–Kier alpha value is -3.09. The number of aromatic hydroxyl groups is 2. The second-order valence-corrected chi connectivity index (χ2v) is 5.46. The lowest BCUT2D eigenvalue weighted by atomic mass is 10.1. The first-order valence-corrected chi connectivity index (χ1v) is 7.19. The highest BCUT2D eigenvalue weighted by molar-refractivity contribution is 6.10. The molecule has 124 valence electrons. The van der Waals surface area contributed by atoms with Crippen molar-refractivity contribution in [2.45, 2.75) is 13.3 Å². The van der Waals surface area contributed by atoms with Crippen LogP contribution in [0.25, 0.3) is 0 Å². The van der Waals surface area contributed by atoms with Gasteiger partial charge in [0, 0.05) is 26.6 Å². The van der Waals surface area contributed by atoms with Gasteiger partial charge >= 0.3 is 0 Å². The van der Waals surface area contributed by atoms with Gasteiger partial charge in [0.15, 0.2) is 17.3 Å². The monoisotopic (exact) mass is 330 g/mol. The third kappa shape index (κ3) is 2.76. The number of carbonyl (C=O) groups is 1. The van der Waals surface area contributed by atoms with Crippen LogP contribution in [0.1, 0.15) is 33.3 Å². The Bertz CT molecular complexity index is 910. The number of aryl methyl sites for hydroxylation is 2. The topological polar surface area (TPSA) is 88.5 Å². The quantitative estimate of drug-likeness (QED) is 0.718. The van der Waals surface area contributed by atoms with Gasteiger partial charge in [0.25, 0.3) is 0 Å². The van der Waals surface area contributed by atoms with Crippen LogP contribution in [0.5, 0.6) is 11.6 Å². The molecule has 0 amide bonds. The molecular formula is C17H15FN2O4. The second-order valence-electron chi connectivity index (χ2n) is 5.46. The molecule has 2 aromatic heterocycles. The summed E-state index contributed by atoms with van der Waals surface area (Å²) >= 11 is 0. The van der Waals surface area contributed by atoms with Crippen LogP contribution < -0.4 is 0 Å². The lowest BCUT2D eigenvalue weighted by Crippen LogP contribution is -2.05. The van der Waals surface area contributed by atoms with E-state index in [9.17, 15) is 19.4 Å². The number of carbonyl (C=O) groups excluding carboxylic acids is 1. The van der Waals surface area contributed by atoms with Crippen molar-refractivity contribution < 1.29 is 23.8 Å². The molecule has 2 heterocycles. The number of rotatable bonds is 4. The van der Waals surface area contributed by atoms with Crippen LogP contribution in [-0.4, -0.2) is 25.5 Å². The molecule has 0 aliphatic heterocycles. The summed E-state index contributed by atoms with van der Waals surface area (Å²) in [5.41, 5.74) is 0.739. The summed E-state index contributed by atoms with van der Waals surface area (Å²) in [6, 6.07) is 5.82. The van der Waals surface area contributed by atoms with Gasteiger partial charge < -0.3 is 19.2 Å². The number of hydrogen-bond donors (Lipinski definition) is 2. The summed E-state index contributed by atoms with van der Waals surface area (Å²) in [7, 11) is 1.50. The number of ketones is 1. The normalized spacial score (nSPS) is 11.0. The minimum absolute atomic E-state index is 0.0534. The molecule has 0 bridgehead atoms. The molecule has 2 N–H and O–H groups in total. The number of aromatic nitrogens is 2. The summed E-state index contributed by atoms with van der Waals surface area (Å²) < 4.78 is 19.7. The predicted octanol–water partition coefficient (Wildman–Crippen LogP) is 2.69. The summed E-state index contributed by atoms with van der Waals surface area (Å²) in [6.07, 6.45) is 1.57. The molecule has 0 saturated carbocycles. The first-order chi connectivity index (χ1) is 11.4. The van der Waals surface area contributed by atoms with Crippen molar-refractivity contribution in [1.82, 2.24) is 9.55 Å². The predicted molar refractivity (Wildman–Crippen MR) is 82.6 cm³/mol. The highest BCUT2D eigenvalue weighted by atomic mass is 19.1. The molecule has 24 heavy (non-hydrogen) atoms. The largest absolute Gasteiger partial charge is 0.503 e. The number of oxazole rings is 1. The van der Waals surface area contributed by atoms with E-state index in [1.54, 1.807) is 19.1 Å².